The highest BCUT2D eigenvalue weighted by atomic mass is 19.4. The van der Waals surface area contributed by atoms with Gasteiger partial charge in [0.25, 0.3) is 5.91 Å². The number of benzene rings is 2. The number of nitrogens with zero attached hydrogens (tertiary/aromatic N) is 4. The van der Waals surface area contributed by atoms with E-state index in [0.29, 0.717) is 17.0 Å². The van der Waals surface area contributed by atoms with Gasteiger partial charge in [0, 0.05) is 37.4 Å². The highest BCUT2D eigenvalue weighted by Crippen LogP contribution is 2.22. The van der Waals surface area contributed by atoms with E-state index in [1.807, 2.05) is 0 Å². The minimum absolute atomic E-state index is 0.00447. The van der Waals surface area contributed by atoms with Crippen LogP contribution in [0.25, 0.3) is 0 Å². The molecule has 4 N–H and O–H groups in total. The zero-order chi connectivity index (χ0) is 33.5. The summed E-state index contributed by atoms with van der Waals surface area (Å²) in [6, 6.07) is 12.4. The lowest BCUT2D eigenvalue weighted by atomic mass is 9.92. The van der Waals surface area contributed by atoms with E-state index in [4.69, 9.17) is 9.47 Å². The van der Waals surface area contributed by atoms with Crippen molar-refractivity contribution in [2.45, 2.75) is 26.6 Å². The molecule has 0 aliphatic carbocycles. The largest absolute Gasteiger partial charge is 0.489 e. The molecule has 7 rings (SSSR count). The molecule has 5 heterocycles. The second-order valence-electron chi connectivity index (χ2n) is 11.2. The molecule has 4 aliphatic rings. The molecule has 0 radical (unpaired) electrons. The van der Waals surface area contributed by atoms with Gasteiger partial charge in [-0.25, -0.2) is 4.79 Å². The highest BCUT2D eigenvalue weighted by Gasteiger charge is 2.30. The van der Waals surface area contributed by atoms with Gasteiger partial charge < -0.3 is 35.4 Å². The van der Waals surface area contributed by atoms with E-state index in [1.54, 1.807) is 50.2 Å². The predicted octanol–water partition coefficient (Wildman–Crippen LogP) is 3.79. The molecule has 0 fully saturated rings. The average molecular weight is 644 g/mol. The van der Waals surface area contributed by atoms with E-state index in [2.05, 4.69) is 37.5 Å². The maximum absolute atomic E-state index is 12.9. The molecule has 244 valence electrons. The molecule has 13 nitrogen and oxygen atoms in total. The fraction of sp³-hybridized carbons (Fsp3) is 0.333. The first-order chi connectivity index (χ1) is 21.7. The summed E-state index contributed by atoms with van der Waals surface area (Å²) in [7, 11) is 0. The summed E-state index contributed by atoms with van der Waals surface area (Å²) in [5, 5.41) is 18.0. The fourth-order valence-electron chi connectivity index (χ4n) is 4.25. The quantitative estimate of drug-likeness (QED) is 0.237. The van der Waals surface area contributed by atoms with Gasteiger partial charge >= 0.3 is 24.1 Å². The summed E-state index contributed by atoms with van der Waals surface area (Å²) >= 11 is 0. The Kier molecular flexibility index (Phi) is 10.3. The molecule has 0 unspecified atom stereocenters. The van der Waals surface area contributed by atoms with E-state index in [9.17, 15) is 32.7 Å². The summed E-state index contributed by atoms with van der Waals surface area (Å²) in [5.41, 5.74) is 1.17. The predicted molar refractivity (Wildman–Crippen MR) is 160 cm³/mol. The van der Waals surface area contributed by atoms with Crippen LogP contribution < -0.4 is 25.4 Å². The molecule has 16 heteroatoms. The van der Waals surface area contributed by atoms with Crippen LogP contribution in [0.15, 0.2) is 60.7 Å². The van der Waals surface area contributed by atoms with Gasteiger partial charge in [0.2, 0.25) is 11.9 Å². The molecule has 0 spiro atoms. The Bertz CT molecular complexity index is 1580. The number of carboxylic acid groups (broad SMARTS) is 1. The summed E-state index contributed by atoms with van der Waals surface area (Å²) in [4.78, 5) is 50.2. The molecule has 1 aromatic heterocycles. The molecule has 0 saturated heterocycles. The minimum atomic E-state index is -4.61. The second-order valence-corrected chi connectivity index (χ2v) is 11.2. The van der Waals surface area contributed by atoms with Crippen LogP contribution in [0.2, 0.25) is 0 Å². The number of hydrogen-bond donors (Lipinski definition) is 4. The molecule has 0 atom stereocenters. The lowest BCUT2D eigenvalue weighted by Gasteiger charge is -2.32. The van der Waals surface area contributed by atoms with Gasteiger partial charge in [-0.2, -0.15) is 28.1 Å². The number of anilines is 3. The third-order valence-corrected chi connectivity index (χ3v) is 6.43. The normalized spacial score (nSPS) is 15.9. The lowest BCUT2D eigenvalue weighted by molar-refractivity contribution is -0.156. The zero-order valence-corrected chi connectivity index (χ0v) is 25.0. The molecule has 3 aromatic rings. The zero-order valence-electron chi connectivity index (χ0n) is 25.0. The van der Waals surface area contributed by atoms with E-state index in [0.717, 1.165) is 10.5 Å². The first-order valence-electron chi connectivity index (χ1n) is 13.9. The molecule has 2 aromatic carbocycles. The summed E-state index contributed by atoms with van der Waals surface area (Å²) in [6.07, 6.45) is -4.61. The number of alkyl halides is 3. The summed E-state index contributed by atoms with van der Waals surface area (Å²) in [5.74, 6) is -2.84. The van der Waals surface area contributed by atoms with Crippen molar-refractivity contribution in [1.82, 2.24) is 25.2 Å². The number of halogens is 3. The van der Waals surface area contributed by atoms with Crippen LogP contribution in [-0.2, 0) is 16.1 Å². The monoisotopic (exact) mass is 643 g/mol. The van der Waals surface area contributed by atoms with E-state index in [-0.39, 0.29) is 50.2 Å². The SMILES string of the molecule is C=C1COc2ccc(cc2)CNc2nc(nc(OCC(F)(F)F)n2)Nc2ccc(cc2)C(=O)NCC(C)(C)CN(C(=O)C(=O)O)C1. The number of nitrogens with one attached hydrogen (secondary N) is 3. The van der Waals surface area contributed by atoms with Crippen LogP contribution in [0.5, 0.6) is 11.8 Å². The molecule has 6 bridgehead atoms. The Labute approximate surface area is 261 Å². The summed E-state index contributed by atoms with van der Waals surface area (Å²) in [6.45, 7) is 6.09. The maximum Gasteiger partial charge on any atom is 0.422 e. The topological polar surface area (TPSA) is 168 Å². The van der Waals surface area contributed by atoms with Crippen molar-refractivity contribution < 1.29 is 42.1 Å². The number of ether oxygens (including phenoxy) is 2. The smallest absolute Gasteiger partial charge is 0.422 e. The molecule has 4 aliphatic heterocycles. The van der Waals surface area contributed by atoms with Gasteiger partial charge in [-0.1, -0.05) is 32.6 Å². The Morgan fingerprint density at radius 1 is 1.04 bits per heavy atom. The molecule has 46 heavy (non-hydrogen) atoms. The summed E-state index contributed by atoms with van der Waals surface area (Å²) < 4.78 is 48.9. The van der Waals surface area contributed by atoms with Gasteiger partial charge in [0.05, 0.1) is 0 Å². The Morgan fingerprint density at radius 3 is 2.37 bits per heavy atom. The number of carbonyl (C=O) groups is 3. The first kappa shape index (κ1) is 33.5. The van der Waals surface area contributed by atoms with Crippen molar-refractivity contribution >= 4 is 35.4 Å². The number of carboxylic acids is 1. The minimum Gasteiger partial charge on any atom is -0.489 e. The number of aliphatic carboxylic acids is 1. The van der Waals surface area contributed by atoms with Crippen molar-refractivity contribution in [2.75, 3.05) is 43.5 Å². The van der Waals surface area contributed by atoms with Gasteiger partial charge in [0.1, 0.15) is 12.4 Å². The first-order valence-corrected chi connectivity index (χ1v) is 13.9. The van der Waals surface area contributed by atoms with Crippen molar-refractivity contribution in [3.8, 4) is 11.8 Å². The van der Waals surface area contributed by atoms with E-state index < -0.39 is 42.0 Å². The second kappa shape index (κ2) is 14.1. The third kappa shape index (κ3) is 10.1. The Hall–Kier alpha value is -5.41. The van der Waals surface area contributed by atoms with Crippen LogP contribution >= 0.6 is 0 Å². The lowest BCUT2D eigenvalue weighted by Crippen LogP contribution is -2.47. The highest BCUT2D eigenvalue weighted by molar-refractivity contribution is 6.31. The Morgan fingerprint density at radius 2 is 1.72 bits per heavy atom. The van der Waals surface area contributed by atoms with Gasteiger partial charge in [-0.05, 0) is 52.9 Å². The van der Waals surface area contributed by atoms with Crippen LogP contribution in [-0.4, -0.2) is 81.8 Å². The van der Waals surface area contributed by atoms with Crippen LogP contribution in [0.1, 0.15) is 29.8 Å². The number of hydrogen-bond acceptors (Lipinski definition) is 10. The Balaban J connectivity index is 1.61. The molecular formula is C30H32F3N7O6. The van der Waals surface area contributed by atoms with Crippen molar-refractivity contribution in [3.63, 3.8) is 0 Å². The van der Waals surface area contributed by atoms with Crippen molar-refractivity contribution in [2.24, 2.45) is 5.41 Å². The fourth-order valence-corrected chi connectivity index (χ4v) is 4.25. The van der Waals surface area contributed by atoms with Crippen LogP contribution in [0, 0.1) is 5.41 Å². The van der Waals surface area contributed by atoms with Crippen LogP contribution in [0.4, 0.5) is 30.8 Å². The van der Waals surface area contributed by atoms with E-state index in [1.165, 1.54) is 12.1 Å². The van der Waals surface area contributed by atoms with Crippen molar-refractivity contribution in [1.29, 1.82) is 0 Å². The molecular weight excluding hydrogens is 611 g/mol. The molecule has 0 saturated carbocycles. The molecule has 2 amide bonds. The number of aromatic nitrogens is 3. The third-order valence-electron chi connectivity index (χ3n) is 6.43. The average Bonchev–Trinajstić information content (AvgIpc) is 3.00. The number of rotatable bonds is 2. The van der Waals surface area contributed by atoms with Gasteiger partial charge in [0.15, 0.2) is 6.61 Å². The van der Waals surface area contributed by atoms with Crippen LogP contribution in [0.3, 0.4) is 0 Å². The van der Waals surface area contributed by atoms with Gasteiger partial charge in [-0.15, -0.1) is 0 Å². The van der Waals surface area contributed by atoms with E-state index >= 15 is 0 Å². The van der Waals surface area contributed by atoms with Crippen molar-refractivity contribution in [3.05, 3.63) is 71.8 Å². The maximum atomic E-state index is 12.9. The standard InChI is InChI=1S/C30H32F3N7O6/c1-18-13-40(24(42)25(43)44)16-29(2,3)15-35-23(41)20-6-8-21(9-7-20)36-27-37-26(38-28(39-27)46-17-30(31,32)33)34-12-19-4-10-22(11-5-19)45-14-18/h4-11H,1,12-17H2,2-3H3,(H,35,41)(H,43,44)(H2,34,36,37,38,39). The van der Waals surface area contributed by atoms with Gasteiger partial charge in [-0.3, -0.25) is 9.59 Å². The number of amides is 2. The number of carbonyl (C=O) groups excluding carboxylic acids is 2.